The van der Waals surface area contributed by atoms with Crippen LogP contribution in [0.1, 0.15) is 25.5 Å². The zero-order valence-electron chi connectivity index (χ0n) is 13.1. The predicted molar refractivity (Wildman–Crippen MR) is 89.1 cm³/mol. The van der Waals surface area contributed by atoms with E-state index in [9.17, 15) is 18.0 Å². The number of halogens is 4. The van der Waals surface area contributed by atoms with Gasteiger partial charge in [-0.2, -0.15) is 13.2 Å². The number of hydrogen-bond acceptors (Lipinski definition) is 2. The molecule has 2 aromatic carbocycles. The van der Waals surface area contributed by atoms with Crippen LogP contribution in [0.2, 0.25) is 0 Å². The minimum Gasteiger partial charge on any atom is -0.287 e. The van der Waals surface area contributed by atoms with Gasteiger partial charge in [-0.25, -0.2) is 5.01 Å². The van der Waals surface area contributed by atoms with E-state index < -0.39 is 23.5 Å². The molecule has 1 heterocycles. The lowest BCUT2D eigenvalue weighted by atomic mass is 9.93. The molecule has 1 unspecified atom stereocenters. The van der Waals surface area contributed by atoms with Gasteiger partial charge in [0.2, 0.25) is 5.91 Å². The van der Waals surface area contributed by atoms with Crippen molar-refractivity contribution in [3.8, 4) is 0 Å². The van der Waals surface area contributed by atoms with E-state index in [0.29, 0.717) is 9.86 Å². The third kappa shape index (κ3) is 2.91. The molecule has 2 aromatic rings. The molecule has 1 aliphatic heterocycles. The van der Waals surface area contributed by atoms with Crippen molar-refractivity contribution >= 4 is 32.6 Å². The molecule has 1 saturated heterocycles. The zero-order valence-corrected chi connectivity index (χ0v) is 14.7. The Hall–Kier alpha value is -1.60. The first-order chi connectivity index (χ1) is 11.1. The summed E-state index contributed by atoms with van der Waals surface area (Å²) in [6.45, 7) is 3.24. The summed E-state index contributed by atoms with van der Waals surface area (Å²) in [5.74, 6) is -0.409. The van der Waals surface area contributed by atoms with E-state index in [1.165, 1.54) is 6.07 Å². The molecule has 1 aliphatic rings. The fourth-order valence-electron chi connectivity index (χ4n) is 2.96. The van der Waals surface area contributed by atoms with Gasteiger partial charge in [0.05, 0.1) is 5.41 Å². The molecule has 1 N–H and O–H groups in total. The zero-order chi connectivity index (χ0) is 17.7. The highest BCUT2D eigenvalue weighted by Crippen LogP contribution is 2.44. The minimum atomic E-state index is -4.53. The van der Waals surface area contributed by atoms with Gasteiger partial charge in [-0.15, -0.1) is 0 Å². The average Bonchev–Trinajstić information content (AvgIpc) is 2.74. The van der Waals surface area contributed by atoms with E-state index >= 15 is 0 Å². The SMILES string of the molecule is CC1(C)CN(C(c2ccc3ccccc3c2Br)C(F)(F)F)NC1=O. The maximum absolute atomic E-state index is 13.8. The fourth-order valence-corrected chi connectivity index (χ4v) is 3.67. The van der Waals surface area contributed by atoms with Crippen molar-refractivity contribution in [2.75, 3.05) is 6.54 Å². The van der Waals surface area contributed by atoms with Crippen LogP contribution >= 0.6 is 15.9 Å². The summed E-state index contributed by atoms with van der Waals surface area (Å²) in [4.78, 5) is 11.9. The van der Waals surface area contributed by atoms with Gasteiger partial charge >= 0.3 is 6.18 Å². The van der Waals surface area contributed by atoms with Crippen LogP contribution in [0.15, 0.2) is 40.9 Å². The molecule has 3 rings (SSSR count). The highest BCUT2D eigenvalue weighted by molar-refractivity contribution is 9.10. The highest BCUT2D eigenvalue weighted by atomic mass is 79.9. The van der Waals surface area contributed by atoms with Crippen molar-refractivity contribution in [3.63, 3.8) is 0 Å². The lowest BCUT2D eigenvalue weighted by Gasteiger charge is -2.30. The second kappa shape index (κ2) is 5.74. The molecular formula is C17H16BrF3N2O. The standard InChI is InChI=1S/C17H16BrF3N2O/c1-16(2)9-23(22-15(16)24)14(17(19,20)21)12-8-7-10-5-3-4-6-11(10)13(12)18/h3-8,14H,9H2,1-2H3,(H,22,24). The van der Waals surface area contributed by atoms with E-state index in [0.717, 1.165) is 10.4 Å². The second-order valence-electron chi connectivity index (χ2n) is 6.59. The molecule has 0 radical (unpaired) electrons. The van der Waals surface area contributed by atoms with Gasteiger partial charge in [-0.05, 0) is 46.1 Å². The summed E-state index contributed by atoms with van der Waals surface area (Å²) in [6.07, 6.45) is -4.53. The number of hydrazine groups is 1. The topological polar surface area (TPSA) is 32.3 Å². The number of nitrogens with zero attached hydrogens (tertiary/aromatic N) is 1. The number of rotatable bonds is 2. The molecule has 1 amide bonds. The summed E-state index contributed by atoms with van der Waals surface area (Å²) in [5, 5.41) is 2.53. The average molecular weight is 401 g/mol. The second-order valence-corrected chi connectivity index (χ2v) is 7.38. The Kier molecular flexibility index (Phi) is 4.12. The Morgan fingerprint density at radius 1 is 1.21 bits per heavy atom. The first-order valence-electron chi connectivity index (χ1n) is 7.43. The van der Waals surface area contributed by atoms with Crippen LogP contribution in [0.25, 0.3) is 10.8 Å². The quantitative estimate of drug-likeness (QED) is 0.799. The molecule has 0 spiro atoms. The molecule has 0 bridgehead atoms. The van der Waals surface area contributed by atoms with E-state index in [4.69, 9.17) is 0 Å². The first-order valence-corrected chi connectivity index (χ1v) is 8.22. The lowest BCUT2D eigenvalue weighted by Crippen LogP contribution is -2.43. The smallest absolute Gasteiger partial charge is 0.287 e. The maximum Gasteiger partial charge on any atom is 0.409 e. The number of amides is 1. The maximum atomic E-state index is 13.8. The molecule has 0 aliphatic carbocycles. The Morgan fingerprint density at radius 3 is 2.46 bits per heavy atom. The fraction of sp³-hybridized carbons (Fsp3) is 0.353. The Morgan fingerprint density at radius 2 is 1.88 bits per heavy atom. The van der Waals surface area contributed by atoms with Gasteiger partial charge in [0.1, 0.15) is 0 Å². The lowest BCUT2D eigenvalue weighted by molar-refractivity contribution is -0.191. The molecule has 3 nitrogen and oxygen atoms in total. The van der Waals surface area contributed by atoms with Crippen LogP contribution in [-0.2, 0) is 4.79 Å². The van der Waals surface area contributed by atoms with E-state index in [1.807, 2.05) is 12.1 Å². The number of fused-ring (bicyclic) bond motifs is 1. The monoisotopic (exact) mass is 400 g/mol. The molecule has 1 fully saturated rings. The third-order valence-corrected chi connectivity index (χ3v) is 5.12. The van der Waals surface area contributed by atoms with Crippen LogP contribution in [0, 0.1) is 5.41 Å². The van der Waals surface area contributed by atoms with Crippen molar-refractivity contribution in [3.05, 3.63) is 46.4 Å². The van der Waals surface area contributed by atoms with Crippen LogP contribution < -0.4 is 5.43 Å². The van der Waals surface area contributed by atoms with Gasteiger partial charge in [0.15, 0.2) is 6.04 Å². The van der Waals surface area contributed by atoms with Crippen LogP contribution in [0.4, 0.5) is 13.2 Å². The number of carbonyl (C=O) groups is 1. The normalized spacial score (nSPS) is 19.5. The van der Waals surface area contributed by atoms with Gasteiger partial charge in [0, 0.05) is 11.0 Å². The number of nitrogens with one attached hydrogen (secondary N) is 1. The minimum absolute atomic E-state index is 0.0186. The van der Waals surface area contributed by atoms with Crippen molar-refractivity contribution < 1.29 is 18.0 Å². The van der Waals surface area contributed by atoms with Gasteiger partial charge in [-0.3, -0.25) is 10.2 Å². The summed E-state index contributed by atoms with van der Waals surface area (Å²) in [5.41, 5.74) is 1.59. The Balaban J connectivity index is 2.12. The van der Waals surface area contributed by atoms with Crippen LogP contribution in [0.3, 0.4) is 0 Å². The highest BCUT2D eigenvalue weighted by Gasteiger charge is 2.51. The van der Waals surface area contributed by atoms with E-state index in [1.54, 1.807) is 32.0 Å². The van der Waals surface area contributed by atoms with E-state index in [-0.39, 0.29) is 12.1 Å². The Labute approximate surface area is 145 Å². The molecule has 7 heteroatoms. The van der Waals surface area contributed by atoms with Crippen molar-refractivity contribution in [1.29, 1.82) is 0 Å². The number of hydrogen-bond donors (Lipinski definition) is 1. The van der Waals surface area contributed by atoms with Crippen molar-refractivity contribution in [2.24, 2.45) is 5.41 Å². The summed E-state index contributed by atoms with van der Waals surface area (Å²) in [7, 11) is 0. The number of benzene rings is 2. The van der Waals surface area contributed by atoms with Crippen LogP contribution in [0.5, 0.6) is 0 Å². The van der Waals surface area contributed by atoms with Gasteiger partial charge in [-0.1, -0.05) is 36.4 Å². The van der Waals surface area contributed by atoms with Gasteiger partial charge < -0.3 is 0 Å². The van der Waals surface area contributed by atoms with E-state index in [2.05, 4.69) is 21.4 Å². The first kappa shape index (κ1) is 17.2. The molecular weight excluding hydrogens is 385 g/mol. The Bertz CT molecular complexity index is 804. The number of alkyl halides is 3. The number of carbonyl (C=O) groups excluding carboxylic acids is 1. The summed E-state index contributed by atoms with van der Waals surface area (Å²) < 4.78 is 41.8. The summed E-state index contributed by atoms with van der Waals surface area (Å²) in [6, 6.07) is 8.43. The third-order valence-electron chi connectivity index (χ3n) is 4.23. The molecule has 128 valence electrons. The van der Waals surface area contributed by atoms with Crippen molar-refractivity contribution in [2.45, 2.75) is 26.1 Å². The predicted octanol–water partition coefficient (Wildman–Crippen LogP) is 4.58. The summed E-state index contributed by atoms with van der Waals surface area (Å²) >= 11 is 3.33. The molecule has 24 heavy (non-hydrogen) atoms. The van der Waals surface area contributed by atoms with Crippen molar-refractivity contribution in [1.82, 2.24) is 10.4 Å². The molecule has 1 atom stereocenters. The van der Waals surface area contributed by atoms with Crippen LogP contribution in [-0.4, -0.2) is 23.6 Å². The van der Waals surface area contributed by atoms with Gasteiger partial charge in [0.25, 0.3) is 0 Å². The molecule has 0 aromatic heterocycles. The molecule has 0 saturated carbocycles. The largest absolute Gasteiger partial charge is 0.409 e.